The normalized spacial score (nSPS) is 12.5. The molecular formula is C22H24FN3O3. The van der Waals surface area contributed by atoms with Crippen molar-refractivity contribution in [3.63, 3.8) is 0 Å². The number of aromatic nitrogens is 2. The van der Waals surface area contributed by atoms with Crippen LogP contribution in [0.25, 0.3) is 11.0 Å². The first kappa shape index (κ1) is 19.2. The van der Waals surface area contributed by atoms with E-state index in [0.29, 0.717) is 35.7 Å². The molecule has 2 aromatic carbocycles. The van der Waals surface area contributed by atoms with E-state index in [4.69, 9.17) is 9.47 Å². The van der Waals surface area contributed by atoms with Crippen molar-refractivity contribution in [2.45, 2.75) is 39.8 Å². The third-order valence-corrected chi connectivity index (χ3v) is 4.97. The van der Waals surface area contributed by atoms with Crippen LogP contribution in [0, 0.1) is 5.82 Å². The molecule has 0 aliphatic carbocycles. The second-order valence-electron chi connectivity index (χ2n) is 7.11. The zero-order valence-corrected chi connectivity index (χ0v) is 16.7. The second kappa shape index (κ2) is 8.11. The van der Waals surface area contributed by atoms with Crippen molar-refractivity contribution in [1.82, 2.24) is 14.5 Å². The van der Waals surface area contributed by atoms with Gasteiger partial charge in [-0.15, -0.1) is 0 Å². The van der Waals surface area contributed by atoms with Crippen molar-refractivity contribution in [2.75, 3.05) is 13.3 Å². The van der Waals surface area contributed by atoms with Gasteiger partial charge in [-0.25, -0.2) is 9.37 Å². The molecule has 152 valence electrons. The standard InChI is InChI=1S/C22H24FN3O3/c1-3-9-25(22(27)15-5-8-19-20(11-15)29-14-28-19)13-21-24-17-12-16(23)6-7-18(17)26(21)10-4-2/h5-8,11-12H,3-4,9-10,13-14H2,1-2H3. The molecule has 0 atom stereocenters. The van der Waals surface area contributed by atoms with Crippen LogP contribution >= 0.6 is 0 Å². The highest BCUT2D eigenvalue weighted by Crippen LogP contribution is 2.33. The Morgan fingerprint density at radius 3 is 2.76 bits per heavy atom. The summed E-state index contributed by atoms with van der Waals surface area (Å²) in [6.07, 6.45) is 1.73. The molecule has 4 rings (SSSR count). The summed E-state index contributed by atoms with van der Waals surface area (Å²) in [5.74, 6) is 1.59. The number of carbonyl (C=O) groups is 1. The van der Waals surface area contributed by atoms with Crippen LogP contribution in [-0.4, -0.2) is 33.7 Å². The number of amides is 1. The molecular weight excluding hydrogens is 373 g/mol. The Kier molecular flexibility index (Phi) is 5.38. The predicted molar refractivity (Wildman–Crippen MR) is 108 cm³/mol. The van der Waals surface area contributed by atoms with Crippen molar-refractivity contribution in [3.05, 3.63) is 53.6 Å². The summed E-state index contributed by atoms with van der Waals surface area (Å²) >= 11 is 0. The van der Waals surface area contributed by atoms with E-state index in [-0.39, 0.29) is 18.5 Å². The van der Waals surface area contributed by atoms with Gasteiger partial charge in [0.25, 0.3) is 5.91 Å². The zero-order valence-electron chi connectivity index (χ0n) is 16.7. The molecule has 1 amide bonds. The van der Waals surface area contributed by atoms with E-state index in [1.54, 1.807) is 29.2 Å². The lowest BCUT2D eigenvalue weighted by Gasteiger charge is -2.22. The van der Waals surface area contributed by atoms with Crippen molar-refractivity contribution in [3.8, 4) is 11.5 Å². The highest BCUT2D eigenvalue weighted by atomic mass is 19.1. The van der Waals surface area contributed by atoms with Crippen LogP contribution in [0.3, 0.4) is 0 Å². The van der Waals surface area contributed by atoms with Crippen molar-refractivity contribution >= 4 is 16.9 Å². The number of hydrogen-bond acceptors (Lipinski definition) is 4. The van der Waals surface area contributed by atoms with E-state index in [1.807, 2.05) is 6.92 Å². The third kappa shape index (κ3) is 3.77. The van der Waals surface area contributed by atoms with Gasteiger partial charge in [0.2, 0.25) is 6.79 Å². The molecule has 1 aliphatic rings. The fraction of sp³-hybridized carbons (Fsp3) is 0.364. The Balaban J connectivity index is 1.66. The van der Waals surface area contributed by atoms with Gasteiger partial charge in [0.05, 0.1) is 17.6 Å². The second-order valence-corrected chi connectivity index (χ2v) is 7.11. The summed E-state index contributed by atoms with van der Waals surface area (Å²) in [4.78, 5) is 19.6. The van der Waals surface area contributed by atoms with Gasteiger partial charge in [0.1, 0.15) is 11.6 Å². The minimum atomic E-state index is -0.313. The first-order chi connectivity index (χ1) is 14.1. The van der Waals surface area contributed by atoms with Crippen LogP contribution in [-0.2, 0) is 13.1 Å². The highest BCUT2D eigenvalue weighted by Gasteiger charge is 2.22. The molecule has 1 aromatic heterocycles. The van der Waals surface area contributed by atoms with Gasteiger partial charge >= 0.3 is 0 Å². The third-order valence-electron chi connectivity index (χ3n) is 4.97. The van der Waals surface area contributed by atoms with Crippen LogP contribution in [0.1, 0.15) is 42.9 Å². The average molecular weight is 397 g/mol. The summed E-state index contributed by atoms with van der Waals surface area (Å²) < 4.78 is 26.5. The molecule has 0 radical (unpaired) electrons. The fourth-order valence-corrected chi connectivity index (χ4v) is 3.65. The monoisotopic (exact) mass is 397 g/mol. The topological polar surface area (TPSA) is 56.6 Å². The van der Waals surface area contributed by atoms with Gasteiger partial charge in [0, 0.05) is 24.7 Å². The van der Waals surface area contributed by atoms with Crippen LogP contribution in [0.4, 0.5) is 4.39 Å². The Hall–Kier alpha value is -3.09. The number of halogens is 1. The molecule has 29 heavy (non-hydrogen) atoms. The Morgan fingerprint density at radius 2 is 1.97 bits per heavy atom. The van der Waals surface area contributed by atoms with E-state index in [1.165, 1.54) is 12.1 Å². The van der Waals surface area contributed by atoms with Crippen molar-refractivity contribution < 1.29 is 18.7 Å². The Morgan fingerprint density at radius 1 is 1.14 bits per heavy atom. The van der Waals surface area contributed by atoms with E-state index < -0.39 is 0 Å². The summed E-state index contributed by atoms with van der Waals surface area (Å²) in [6.45, 7) is 6.00. The van der Waals surface area contributed by atoms with Gasteiger partial charge in [-0.3, -0.25) is 4.79 Å². The quantitative estimate of drug-likeness (QED) is 0.594. The predicted octanol–water partition coefficient (Wildman–Crippen LogP) is 4.37. The number of imidazole rings is 1. The maximum absolute atomic E-state index is 13.7. The lowest BCUT2D eigenvalue weighted by Crippen LogP contribution is -2.32. The lowest BCUT2D eigenvalue weighted by molar-refractivity contribution is 0.0737. The fourth-order valence-electron chi connectivity index (χ4n) is 3.65. The van der Waals surface area contributed by atoms with Crippen LogP contribution in [0.15, 0.2) is 36.4 Å². The molecule has 2 heterocycles. The largest absolute Gasteiger partial charge is 0.454 e. The zero-order chi connectivity index (χ0) is 20.4. The molecule has 0 bridgehead atoms. The lowest BCUT2D eigenvalue weighted by atomic mass is 10.1. The number of nitrogens with zero attached hydrogens (tertiary/aromatic N) is 3. The number of carbonyl (C=O) groups excluding carboxylic acids is 1. The van der Waals surface area contributed by atoms with Gasteiger partial charge < -0.3 is 18.9 Å². The number of benzene rings is 2. The highest BCUT2D eigenvalue weighted by molar-refractivity contribution is 5.95. The Labute approximate surface area is 168 Å². The molecule has 0 fully saturated rings. The summed E-state index contributed by atoms with van der Waals surface area (Å²) in [6, 6.07) is 9.87. The molecule has 0 unspecified atom stereocenters. The van der Waals surface area contributed by atoms with Crippen LogP contribution < -0.4 is 9.47 Å². The number of fused-ring (bicyclic) bond motifs is 2. The molecule has 6 nitrogen and oxygen atoms in total. The maximum atomic E-state index is 13.7. The number of hydrogen-bond donors (Lipinski definition) is 0. The van der Waals surface area contributed by atoms with E-state index in [9.17, 15) is 9.18 Å². The molecule has 0 saturated carbocycles. The summed E-state index contributed by atoms with van der Waals surface area (Å²) in [5.41, 5.74) is 2.04. The van der Waals surface area contributed by atoms with E-state index in [2.05, 4.69) is 16.5 Å². The molecule has 1 aliphatic heterocycles. The van der Waals surface area contributed by atoms with Crippen LogP contribution in [0.5, 0.6) is 11.5 Å². The molecule has 0 saturated heterocycles. The molecule has 0 N–H and O–H groups in total. The van der Waals surface area contributed by atoms with E-state index in [0.717, 1.165) is 30.7 Å². The van der Waals surface area contributed by atoms with Crippen molar-refractivity contribution in [2.24, 2.45) is 0 Å². The maximum Gasteiger partial charge on any atom is 0.254 e. The number of rotatable bonds is 7. The summed E-state index contributed by atoms with van der Waals surface area (Å²) in [5, 5.41) is 0. The minimum Gasteiger partial charge on any atom is -0.454 e. The van der Waals surface area contributed by atoms with Gasteiger partial charge in [-0.05, 0) is 43.2 Å². The smallest absolute Gasteiger partial charge is 0.254 e. The number of aryl methyl sites for hydroxylation is 1. The molecule has 0 spiro atoms. The van der Waals surface area contributed by atoms with Gasteiger partial charge in [-0.2, -0.15) is 0 Å². The SMILES string of the molecule is CCCN(Cc1nc2cc(F)ccc2n1CCC)C(=O)c1ccc2c(c1)OCO2. The van der Waals surface area contributed by atoms with Gasteiger partial charge in [0.15, 0.2) is 11.5 Å². The van der Waals surface area contributed by atoms with E-state index >= 15 is 0 Å². The first-order valence-corrected chi connectivity index (χ1v) is 9.94. The summed E-state index contributed by atoms with van der Waals surface area (Å²) in [7, 11) is 0. The van der Waals surface area contributed by atoms with Crippen molar-refractivity contribution in [1.29, 1.82) is 0 Å². The molecule has 3 aromatic rings. The van der Waals surface area contributed by atoms with Crippen LogP contribution in [0.2, 0.25) is 0 Å². The average Bonchev–Trinajstić information content (AvgIpc) is 3.31. The van der Waals surface area contributed by atoms with Gasteiger partial charge in [-0.1, -0.05) is 13.8 Å². The number of ether oxygens (including phenoxy) is 2. The first-order valence-electron chi connectivity index (χ1n) is 9.94. The Bertz CT molecular complexity index is 1050. The molecule has 7 heteroatoms. The minimum absolute atomic E-state index is 0.0913.